The van der Waals surface area contributed by atoms with Crippen LogP contribution < -0.4 is 16.0 Å². The third-order valence-electron chi connectivity index (χ3n) is 3.12. The van der Waals surface area contributed by atoms with Gasteiger partial charge in [-0.3, -0.25) is 0 Å². The van der Waals surface area contributed by atoms with E-state index >= 15 is 0 Å². The third kappa shape index (κ3) is 2.07. The molecule has 1 aliphatic rings. The number of likely N-dealkylation sites (N-methyl/N-ethyl adjacent to an activating group) is 3. The van der Waals surface area contributed by atoms with Crippen LogP contribution in [0, 0.1) is 0 Å². The van der Waals surface area contributed by atoms with Crippen LogP contribution in [0.1, 0.15) is 6.42 Å². The molecule has 5 nitrogen and oxygen atoms in total. The first-order valence-corrected chi connectivity index (χ1v) is 5.03. The molecule has 0 bridgehead atoms. The van der Waals surface area contributed by atoms with Gasteiger partial charge in [0.15, 0.2) is 0 Å². The van der Waals surface area contributed by atoms with Gasteiger partial charge in [0.05, 0.1) is 18.2 Å². The SMILES string of the molecule is CNC1CC(O)C(O)C(NC)C1NC. The number of aliphatic hydroxyl groups excluding tert-OH is 2. The van der Waals surface area contributed by atoms with Gasteiger partial charge in [-0.15, -0.1) is 0 Å². The van der Waals surface area contributed by atoms with E-state index in [4.69, 9.17) is 0 Å². The molecule has 0 heterocycles. The van der Waals surface area contributed by atoms with Crippen molar-refractivity contribution in [1.29, 1.82) is 0 Å². The van der Waals surface area contributed by atoms with Gasteiger partial charge in [0.25, 0.3) is 0 Å². The summed E-state index contributed by atoms with van der Waals surface area (Å²) in [5.74, 6) is 0. The average molecular weight is 203 g/mol. The van der Waals surface area contributed by atoms with Crippen LogP contribution >= 0.6 is 0 Å². The molecule has 1 rings (SSSR count). The molecule has 5 atom stereocenters. The standard InChI is InChI=1S/C9H21N3O2/c1-10-5-4-6(13)9(14)8(12-3)7(5)11-2/h5-14H,4H2,1-3H3. The Hall–Kier alpha value is -0.200. The van der Waals surface area contributed by atoms with E-state index in [2.05, 4.69) is 16.0 Å². The number of hydrogen-bond acceptors (Lipinski definition) is 5. The van der Waals surface area contributed by atoms with Crippen LogP contribution in [-0.2, 0) is 0 Å². The van der Waals surface area contributed by atoms with Crippen LogP contribution in [0.25, 0.3) is 0 Å². The normalized spacial score (nSPS) is 43.9. The maximum Gasteiger partial charge on any atom is 0.0967 e. The molecule has 0 spiro atoms. The van der Waals surface area contributed by atoms with Crippen molar-refractivity contribution in [3.05, 3.63) is 0 Å². The van der Waals surface area contributed by atoms with Crippen molar-refractivity contribution in [2.45, 2.75) is 36.8 Å². The summed E-state index contributed by atoms with van der Waals surface area (Å²) in [6.45, 7) is 0. The van der Waals surface area contributed by atoms with Crippen molar-refractivity contribution in [1.82, 2.24) is 16.0 Å². The molecule has 5 heteroatoms. The first-order chi connectivity index (χ1) is 6.65. The van der Waals surface area contributed by atoms with Gasteiger partial charge in [-0.2, -0.15) is 0 Å². The third-order valence-corrected chi connectivity index (χ3v) is 3.12. The van der Waals surface area contributed by atoms with Gasteiger partial charge in [-0.1, -0.05) is 0 Å². The van der Waals surface area contributed by atoms with Gasteiger partial charge in [-0.25, -0.2) is 0 Å². The molecule has 0 amide bonds. The van der Waals surface area contributed by atoms with Gasteiger partial charge in [0, 0.05) is 12.1 Å². The predicted molar refractivity (Wildman–Crippen MR) is 55.2 cm³/mol. The molecule has 1 fully saturated rings. The van der Waals surface area contributed by atoms with Crippen molar-refractivity contribution in [2.24, 2.45) is 0 Å². The minimum Gasteiger partial charge on any atom is -0.390 e. The van der Waals surface area contributed by atoms with E-state index in [0.717, 1.165) is 0 Å². The summed E-state index contributed by atoms with van der Waals surface area (Å²) in [4.78, 5) is 0. The lowest BCUT2D eigenvalue weighted by molar-refractivity contribution is -0.0476. The van der Waals surface area contributed by atoms with E-state index in [0.29, 0.717) is 6.42 Å². The summed E-state index contributed by atoms with van der Waals surface area (Å²) >= 11 is 0. The fraction of sp³-hybridized carbons (Fsp3) is 1.00. The van der Waals surface area contributed by atoms with Gasteiger partial charge in [-0.05, 0) is 27.6 Å². The Morgan fingerprint density at radius 3 is 1.93 bits per heavy atom. The molecule has 1 aliphatic carbocycles. The van der Waals surface area contributed by atoms with E-state index in [1.165, 1.54) is 0 Å². The molecule has 1 saturated carbocycles. The van der Waals surface area contributed by atoms with Crippen LogP contribution in [0.2, 0.25) is 0 Å². The van der Waals surface area contributed by atoms with Gasteiger partial charge >= 0.3 is 0 Å². The second-order valence-corrected chi connectivity index (χ2v) is 3.82. The zero-order valence-corrected chi connectivity index (χ0v) is 8.99. The summed E-state index contributed by atoms with van der Waals surface area (Å²) in [6.07, 6.45) is -0.794. The molecule has 0 aliphatic heterocycles. The molecule has 5 N–H and O–H groups in total. The molecule has 0 radical (unpaired) electrons. The minimum atomic E-state index is -0.706. The largest absolute Gasteiger partial charge is 0.390 e. The minimum absolute atomic E-state index is 0.124. The molecule has 0 aromatic carbocycles. The summed E-state index contributed by atoms with van der Waals surface area (Å²) in [5, 5.41) is 28.8. The molecule has 84 valence electrons. The molecule has 0 saturated heterocycles. The molecule has 0 aromatic heterocycles. The van der Waals surface area contributed by atoms with Gasteiger partial charge in [0.2, 0.25) is 0 Å². The van der Waals surface area contributed by atoms with Crippen LogP contribution in [0.3, 0.4) is 0 Å². The predicted octanol–water partition coefficient (Wildman–Crippen LogP) is -2.12. The van der Waals surface area contributed by atoms with E-state index in [1.54, 1.807) is 7.05 Å². The second-order valence-electron chi connectivity index (χ2n) is 3.82. The monoisotopic (exact) mass is 203 g/mol. The van der Waals surface area contributed by atoms with Crippen molar-refractivity contribution in [2.75, 3.05) is 21.1 Å². The number of rotatable bonds is 3. The van der Waals surface area contributed by atoms with Crippen LogP contribution in [0.5, 0.6) is 0 Å². The lowest BCUT2D eigenvalue weighted by atomic mass is 9.82. The molecular weight excluding hydrogens is 182 g/mol. The topological polar surface area (TPSA) is 76.5 Å². The highest BCUT2D eigenvalue weighted by molar-refractivity contribution is 5.02. The maximum atomic E-state index is 9.77. The summed E-state index contributed by atoms with van der Waals surface area (Å²) in [5.41, 5.74) is 0. The zero-order chi connectivity index (χ0) is 10.7. The number of nitrogens with one attached hydrogen (secondary N) is 3. The Labute approximate surface area is 84.9 Å². The first kappa shape index (κ1) is 11.9. The van der Waals surface area contributed by atoms with E-state index < -0.39 is 12.2 Å². The Morgan fingerprint density at radius 1 is 0.929 bits per heavy atom. The quantitative estimate of drug-likeness (QED) is 0.362. The Morgan fingerprint density at radius 2 is 1.50 bits per heavy atom. The van der Waals surface area contributed by atoms with Crippen molar-refractivity contribution in [3.8, 4) is 0 Å². The highest BCUT2D eigenvalue weighted by atomic mass is 16.3. The smallest absolute Gasteiger partial charge is 0.0967 e. The lowest BCUT2D eigenvalue weighted by Gasteiger charge is -2.43. The van der Waals surface area contributed by atoms with Crippen molar-refractivity contribution < 1.29 is 10.2 Å². The number of aliphatic hydroxyl groups is 2. The second kappa shape index (κ2) is 5.04. The van der Waals surface area contributed by atoms with E-state index in [1.807, 2.05) is 14.1 Å². The summed E-state index contributed by atoms with van der Waals surface area (Å²) in [7, 11) is 5.53. The highest BCUT2D eigenvalue weighted by Crippen LogP contribution is 2.20. The molecule has 0 aromatic rings. The molecular formula is C9H21N3O2. The average Bonchev–Trinajstić information content (AvgIpc) is 2.20. The molecule has 5 unspecified atom stereocenters. The summed E-state index contributed by atoms with van der Waals surface area (Å²) in [6, 6.07) is 0.181. The van der Waals surface area contributed by atoms with Crippen LogP contribution in [-0.4, -0.2) is 61.7 Å². The fourth-order valence-electron chi connectivity index (χ4n) is 2.28. The lowest BCUT2D eigenvalue weighted by Crippen LogP contribution is -2.67. The fourth-order valence-corrected chi connectivity index (χ4v) is 2.28. The van der Waals surface area contributed by atoms with Crippen LogP contribution in [0.15, 0.2) is 0 Å². The first-order valence-electron chi connectivity index (χ1n) is 5.03. The van der Waals surface area contributed by atoms with Gasteiger partial charge < -0.3 is 26.2 Å². The van der Waals surface area contributed by atoms with E-state index in [9.17, 15) is 10.2 Å². The Balaban J connectivity index is 2.75. The van der Waals surface area contributed by atoms with Gasteiger partial charge in [0.1, 0.15) is 0 Å². The van der Waals surface area contributed by atoms with Crippen molar-refractivity contribution in [3.63, 3.8) is 0 Å². The maximum absolute atomic E-state index is 9.77. The summed E-state index contributed by atoms with van der Waals surface area (Å²) < 4.78 is 0. The van der Waals surface area contributed by atoms with Crippen LogP contribution in [0.4, 0.5) is 0 Å². The van der Waals surface area contributed by atoms with Crippen molar-refractivity contribution >= 4 is 0 Å². The zero-order valence-electron chi connectivity index (χ0n) is 8.99. The highest BCUT2D eigenvalue weighted by Gasteiger charge is 2.41. The molecule has 14 heavy (non-hydrogen) atoms. The number of hydrogen-bond donors (Lipinski definition) is 5. The van der Waals surface area contributed by atoms with E-state index in [-0.39, 0.29) is 18.1 Å². The Bertz CT molecular complexity index is 175. The Kier molecular flexibility index (Phi) is 4.28.